The Bertz CT molecular complexity index is 782. The number of β-lactam (4-membered cyclic amide) rings is 1. The molecule has 23 heavy (non-hydrogen) atoms. The summed E-state index contributed by atoms with van der Waals surface area (Å²) in [7, 11) is 1.53. The molecule has 1 fully saturated rings. The van der Waals surface area contributed by atoms with Gasteiger partial charge in [0, 0.05) is 15.7 Å². The highest BCUT2D eigenvalue weighted by Crippen LogP contribution is 2.42. The number of methoxy groups -OCH3 is 1. The maximum absolute atomic E-state index is 12.2. The van der Waals surface area contributed by atoms with Gasteiger partial charge in [0.1, 0.15) is 11.8 Å². The summed E-state index contributed by atoms with van der Waals surface area (Å²) in [6.07, 6.45) is 0. The first-order valence-corrected chi connectivity index (χ1v) is 7.94. The van der Waals surface area contributed by atoms with Crippen LogP contribution >= 0.6 is 34.8 Å². The van der Waals surface area contributed by atoms with E-state index in [1.807, 2.05) is 0 Å². The van der Waals surface area contributed by atoms with Crippen molar-refractivity contribution in [3.63, 3.8) is 0 Å². The van der Waals surface area contributed by atoms with Gasteiger partial charge in [-0.3, -0.25) is 4.79 Å². The highest BCUT2D eigenvalue weighted by Gasteiger charge is 2.47. The quantitative estimate of drug-likeness (QED) is 0.827. The molecule has 0 saturated carbocycles. The molecule has 3 rings (SSSR count). The van der Waals surface area contributed by atoms with Gasteiger partial charge in [-0.05, 0) is 35.9 Å². The first kappa shape index (κ1) is 16.4. The molecule has 0 bridgehead atoms. The van der Waals surface area contributed by atoms with Crippen molar-refractivity contribution >= 4 is 46.4 Å². The van der Waals surface area contributed by atoms with Crippen LogP contribution in [0.4, 0.5) is 5.69 Å². The summed E-state index contributed by atoms with van der Waals surface area (Å²) in [5.74, 6) is 0.344. The van der Waals surface area contributed by atoms with Crippen molar-refractivity contribution in [3.05, 3.63) is 57.0 Å². The lowest BCUT2D eigenvalue weighted by Crippen LogP contribution is -2.63. The van der Waals surface area contributed by atoms with Crippen molar-refractivity contribution in [3.8, 4) is 5.75 Å². The van der Waals surface area contributed by atoms with Crippen LogP contribution in [0.5, 0.6) is 5.75 Å². The normalized spacial score (nSPS) is 20.4. The molecule has 4 nitrogen and oxygen atoms in total. The Hall–Kier alpha value is -1.46. The Balaban J connectivity index is 2.00. The van der Waals surface area contributed by atoms with E-state index >= 15 is 0 Å². The molecule has 2 atom stereocenters. The van der Waals surface area contributed by atoms with E-state index in [-0.39, 0.29) is 11.9 Å². The van der Waals surface area contributed by atoms with Gasteiger partial charge < -0.3 is 15.4 Å². The second kappa shape index (κ2) is 6.21. The Kier molecular flexibility index (Phi) is 4.43. The fourth-order valence-electron chi connectivity index (χ4n) is 2.68. The third-order valence-electron chi connectivity index (χ3n) is 3.84. The topological polar surface area (TPSA) is 55.6 Å². The molecule has 0 aliphatic carbocycles. The smallest absolute Gasteiger partial charge is 0.247 e. The average molecular weight is 372 g/mol. The fraction of sp³-hybridized carbons (Fsp3) is 0.188. The van der Waals surface area contributed by atoms with Gasteiger partial charge in [-0.15, -0.1) is 0 Å². The van der Waals surface area contributed by atoms with Crippen molar-refractivity contribution in [2.24, 2.45) is 5.73 Å². The summed E-state index contributed by atoms with van der Waals surface area (Å²) in [5.41, 5.74) is 7.37. The summed E-state index contributed by atoms with van der Waals surface area (Å²) < 4.78 is 5.13. The molecule has 2 aromatic rings. The van der Waals surface area contributed by atoms with E-state index in [0.717, 1.165) is 5.56 Å². The lowest BCUT2D eigenvalue weighted by Gasteiger charge is -2.46. The molecular formula is C16H13Cl3N2O2. The van der Waals surface area contributed by atoms with Crippen LogP contribution in [0.15, 0.2) is 36.4 Å². The maximum Gasteiger partial charge on any atom is 0.247 e. The van der Waals surface area contributed by atoms with Gasteiger partial charge in [0.25, 0.3) is 0 Å². The van der Waals surface area contributed by atoms with E-state index in [2.05, 4.69) is 0 Å². The number of anilines is 1. The highest BCUT2D eigenvalue weighted by molar-refractivity contribution is 6.35. The van der Waals surface area contributed by atoms with Gasteiger partial charge >= 0.3 is 0 Å². The van der Waals surface area contributed by atoms with Gasteiger partial charge in [-0.2, -0.15) is 0 Å². The number of nitrogens with zero attached hydrogens (tertiary/aromatic N) is 1. The number of hydrogen-bond donors (Lipinski definition) is 1. The lowest BCUT2D eigenvalue weighted by molar-refractivity contribution is -0.126. The molecule has 7 heteroatoms. The van der Waals surface area contributed by atoms with Crippen molar-refractivity contribution in [1.29, 1.82) is 0 Å². The predicted octanol–water partition coefficient (Wildman–Crippen LogP) is 4.07. The van der Waals surface area contributed by atoms with Crippen LogP contribution in [-0.2, 0) is 4.79 Å². The number of carbonyl (C=O) groups excluding carboxylic acids is 1. The summed E-state index contributed by atoms with van der Waals surface area (Å²) in [6.45, 7) is 0. The van der Waals surface area contributed by atoms with E-state index < -0.39 is 6.04 Å². The third kappa shape index (κ3) is 2.76. The van der Waals surface area contributed by atoms with E-state index in [0.29, 0.717) is 26.5 Å². The van der Waals surface area contributed by atoms with Gasteiger partial charge in [0.05, 0.1) is 18.2 Å². The molecule has 0 spiro atoms. The van der Waals surface area contributed by atoms with Crippen molar-refractivity contribution < 1.29 is 9.53 Å². The second-order valence-corrected chi connectivity index (χ2v) is 6.41. The first-order valence-electron chi connectivity index (χ1n) is 6.81. The predicted molar refractivity (Wildman–Crippen MR) is 92.7 cm³/mol. The molecule has 1 aliphatic heterocycles. The number of carbonyl (C=O) groups is 1. The molecule has 2 N–H and O–H groups in total. The first-order chi connectivity index (χ1) is 10.9. The van der Waals surface area contributed by atoms with Gasteiger partial charge in [0.2, 0.25) is 5.91 Å². The zero-order valence-electron chi connectivity index (χ0n) is 12.1. The minimum Gasteiger partial charge on any atom is -0.495 e. The maximum atomic E-state index is 12.2. The largest absolute Gasteiger partial charge is 0.495 e. The molecule has 1 heterocycles. The monoisotopic (exact) mass is 370 g/mol. The average Bonchev–Trinajstić information content (AvgIpc) is 2.52. The van der Waals surface area contributed by atoms with Crippen LogP contribution in [0, 0.1) is 0 Å². The van der Waals surface area contributed by atoms with E-state index in [9.17, 15) is 4.79 Å². The second-order valence-electron chi connectivity index (χ2n) is 5.16. The van der Waals surface area contributed by atoms with Crippen molar-refractivity contribution in [2.45, 2.75) is 12.1 Å². The van der Waals surface area contributed by atoms with E-state index in [4.69, 9.17) is 45.3 Å². The molecule has 0 unspecified atom stereocenters. The third-order valence-corrected chi connectivity index (χ3v) is 4.69. The van der Waals surface area contributed by atoms with Crippen LogP contribution < -0.4 is 15.4 Å². The molecule has 0 radical (unpaired) electrons. The van der Waals surface area contributed by atoms with Crippen LogP contribution in [0.25, 0.3) is 0 Å². The van der Waals surface area contributed by atoms with Gasteiger partial charge in [0.15, 0.2) is 0 Å². The SMILES string of the molecule is COc1ccc(N2C(=O)[C@H](N)[C@H]2c2ccc(Cl)cc2Cl)cc1Cl. The van der Waals surface area contributed by atoms with Crippen LogP contribution in [-0.4, -0.2) is 19.1 Å². The Morgan fingerprint density at radius 3 is 2.43 bits per heavy atom. The van der Waals surface area contributed by atoms with Crippen LogP contribution in [0.3, 0.4) is 0 Å². The molecular weight excluding hydrogens is 359 g/mol. The minimum atomic E-state index is -0.658. The number of halogens is 3. The summed E-state index contributed by atoms with van der Waals surface area (Å²) >= 11 is 18.3. The zero-order chi connectivity index (χ0) is 16.7. The van der Waals surface area contributed by atoms with Crippen LogP contribution in [0.1, 0.15) is 11.6 Å². The molecule has 120 valence electrons. The summed E-state index contributed by atoms with van der Waals surface area (Å²) in [6, 6.07) is 9.23. The Labute approximate surface area is 148 Å². The molecule has 1 aliphatic rings. The Morgan fingerprint density at radius 1 is 1.09 bits per heavy atom. The molecule has 0 aromatic heterocycles. The van der Waals surface area contributed by atoms with E-state index in [1.54, 1.807) is 41.3 Å². The van der Waals surface area contributed by atoms with Crippen molar-refractivity contribution in [2.75, 3.05) is 12.0 Å². The van der Waals surface area contributed by atoms with Gasteiger partial charge in [-0.25, -0.2) is 0 Å². The molecule has 2 aromatic carbocycles. The highest BCUT2D eigenvalue weighted by atomic mass is 35.5. The van der Waals surface area contributed by atoms with E-state index in [1.165, 1.54) is 7.11 Å². The molecule has 1 saturated heterocycles. The summed E-state index contributed by atoms with van der Waals surface area (Å²) in [5, 5.41) is 1.41. The van der Waals surface area contributed by atoms with Crippen LogP contribution in [0.2, 0.25) is 15.1 Å². The standard InChI is InChI=1S/C16H13Cl3N2O2/c1-23-13-5-3-9(7-12(13)19)21-15(14(20)16(21)22)10-4-2-8(17)6-11(10)18/h2-7,14-15H,20H2,1H3/t14-,15-/m1/s1. The Morgan fingerprint density at radius 2 is 1.83 bits per heavy atom. The number of rotatable bonds is 3. The zero-order valence-corrected chi connectivity index (χ0v) is 14.4. The number of hydrogen-bond acceptors (Lipinski definition) is 3. The van der Waals surface area contributed by atoms with Crippen molar-refractivity contribution in [1.82, 2.24) is 0 Å². The minimum absolute atomic E-state index is 0.192. The molecule has 1 amide bonds. The number of ether oxygens (including phenoxy) is 1. The summed E-state index contributed by atoms with van der Waals surface area (Å²) in [4.78, 5) is 13.8. The number of nitrogens with two attached hydrogens (primary N) is 1. The number of amides is 1. The number of benzene rings is 2. The van der Waals surface area contributed by atoms with Gasteiger partial charge in [-0.1, -0.05) is 40.9 Å². The fourth-order valence-corrected chi connectivity index (χ4v) is 3.45. The lowest BCUT2D eigenvalue weighted by atomic mass is 9.88.